The van der Waals surface area contributed by atoms with Crippen LogP contribution >= 0.6 is 11.6 Å². The van der Waals surface area contributed by atoms with Crippen LogP contribution in [-0.4, -0.2) is 56.2 Å². The van der Waals surface area contributed by atoms with Crippen LogP contribution in [0.5, 0.6) is 0 Å². The van der Waals surface area contributed by atoms with Crippen molar-refractivity contribution in [2.75, 3.05) is 44.2 Å². The van der Waals surface area contributed by atoms with E-state index in [2.05, 4.69) is 52.5 Å². The molecule has 1 unspecified atom stereocenters. The lowest BCUT2D eigenvalue weighted by atomic mass is 9.95. The van der Waals surface area contributed by atoms with Gasteiger partial charge in [-0.05, 0) is 50.1 Å². The van der Waals surface area contributed by atoms with E-state index in [-0.39, 0.29) is 12.6 Å². The van der Waals surface area contributed by atoms with E-state index in [4.69, 9.17) is 16.3 Å². The molecule has 1 fully saturated rings. The van der Waals surface area contributed by atoms with Crippen LogP contribution in [0.2, 0.25) is 5.02 Å². The zero-order valence-corrected chi connectivity index (χ0v) is 20.6. The van der Waals surface area contributed by atoms with E-state index in [1.807, 2.05) is 12.1 Å². The van der Waals surface area contributed by atoms with Gasteiger partial charge in [-0.3, -0.25) is 4.90 Å². The molecule has 2 aliphatic heterocycles. The Morgan fingerprint density at radius 2 is 1.79 bits per heavy atom. The van der Waals surface area contributed by atoms with Crippen molar-refractivity contribution in [1.82, 2.24) is 15.5 Å². The molecule has 0 bridgehead atoms. The molecule has 0 saturated carbocycles. The first-order chi connectivity index (χ1) is 16.4. The molecule has 1 atom stereocenters. The summed E-state index contributed by atoms with van der Waals surface area (Å²) >= 11 is 6.04. The molecular formula is C26H31ClN4O3. The number of amides is 2. The molecule has 2 aliphatic rings. The fourth-order valence-corrected chi connectivity index (χ4v) is 4.75. The fraction of sp³-hybridized carbons (Fsp3) is 0.385. The highest BCUT2D eigenvalue weighted by atomic mass is 35.5. The van der Waals surface area contributed by atoms with E-state index >= 15 is 0 Å². The van der Waals surface area contributed by atoms with E-state index in [0.29, 0.717) is 22.8 Å². The Hall–Kier alpha value is -3.03. The van der Waals surface area contributed by atoms with Crippen LogP contribution in [0.15, 0.2) is 53.7 Å². The van der Waals surface area contributed by atoms with Crippen LogP contribution in [0.4, 0.5) is 10.5 Å². The van der Waals surface area contributed by atoms with Crippen LogP contribution < -0.4 is 15.5 Å². The second-order valence-corrected chi connectivity index (χ2v) is 9.19. The standard InChI is InChI=1S/C26H31ClN4O3/c1-4-34-25(32)23-21(28-26(33)29-24(23)19-6-8-20(27)9-7-19)16-30-11-13-31(14-12-30)22-10-5-17(2)15-18(22)3/h5-10,15,24H,4,11-14,16H2,1-3H3,(H2,28,29,33). The number of nitrogens with zero attached hydrogens (tertiary/aromatic N) is 2. The number of benzene rings is 2. The molecule has 1 saturated heterocycles. The third kappa shape index (κ3) is 5.37. The largest absolute Gasteiger partial charge is 0.463 e. The van der Waals surface area contributed by atoms with Gasteiger partial charge in [0, 0.05) is 49.1 Å². The lowest BCUT2D eigenvalue weighted by Crippen LogP contribution is -2.52. The van der Waals surface area contributed by atoms with E-state index in [0.717, 1.165) is 31.7 Å². The average molecular weight is 483 g/mol. The van der Waals surface area contributed by atoms with Crippen LogP contribution in [0.25, 0.3) is 0 Å². The maximum absolute atomic E-state index is 13.0. The van der Waals surface area contributed by atoms with Gasteiger partial charge in [0.2, 0.25) is 0 Å². The number of urea groups is 1. The number of ether oxygens (including phenoxy) is 1. The summed E-state index contributed by atoms with van der Waals surface area (Å²) in [6.45, 7) is 10.1. The summed E-state index contributed by atoms with van der Waals surface area (Å²) in [6, 6.07) is 12.7. The van der Waals surface area contributed by atoms with Gasteiger partial charge < -0.3 is 20.3 Å². The predicted octanol–water partition coefficient (Wildman–Crippen LogP) is 3.95. The van der Waals surface area contributed by atoms with E-state index < -0.39 is 12.0 Å². The molecule has 2 amide bonds. The van der Waals surface area contributed by atoms with Gasteiger partial charge in [0.15, 0.2) is 0 Å². The van der Waals surface area contributed by atoms with Gasteiger partial charge >= 0.3 is 12.0 Å². The van der Waals surface area contributed by atoms with Crippen LogP contribution in [0.3, 0.4) is 0 Å². The third-order valence-corrected chi connectivity index (χ3v) is 6.55. The van der Waals surface area contributed by atoms with E-state index in [1.54, 1.807) is 19.1 Å². The topological polar surface area (TPSA) is 73.9 Å². The van der Waals surface area contributed by atoms with Crippen LogP contribution in [0, 0.1) is 13.8 Å². The van der Waals surface area contributed by atoms with Gasteiger partial charge in [-0.15, -0.1) is 0 Å². The highest BCUT2D eigenvalue weighted by Gasteiger charge is 2.34. The van der Waals surface area contributed by atoms with E-state index in [9.17, 15) is 9.59 Å². The highest BCUT2D eigenvalue weighted by molar-refractivity contribution is 6.30. The van der Waals surface area contributed by atoms with Crippen molar-refractivity contribution in [3.63, 3.8) is 0 Å². The first-order valence-corrected chi connectivity index (χ1v) is 12.0. The number of esters is 1. The minimum absolute atomic E-state index is 0.255. The number of rotatable bonds is 6. The first-order valence-electron chi connectivity index (χ1n) is 11.6. The summed E-state index contributed by atoms with van der Waals surface area (Å²) in [5.74, 6) is -0.432. The van der Waals surface area contributed by atoms with Gasteiger partial charge in [0.1, 0.15) is 0 Å². The smallest absolute Gasteiger partial charge is 0.338 e. The minimum atomic E-state index is -0.600. The molecule has 8 heteroatoms. The van der Waals surface area contributed by atoms with Crippen molar-refractivity contribution in [2.45, 2.75) is 26.8 Å². The maximum Gasteiger partial charge on any atom is 0.338 e. The number of nitrogens with one attached hydrogen (secondary N) is 2. The molecule has 2 heterocycles. The Morgan fingerprint density at radius 1 is 1.09 bits per heavy atom. The zero-order chi connectivity index (χ0) is 24.2. The first kappa shape index (κ1) is 24.1. The second-order valence-electron chi connectivity index (χ2n) is 8.75. The van der Waals surface area contributed by atoms with E-state index in [1.165, 1.54) is 16.8 Å². The van der Waals surface area contributed by atoms with Gasteiger partial charge in [0.25, 0.3) is 0 Å². The van der Waals surface area contributed by atoms with Crippen molar-refractivity contribution in [3.8, 4) is 0 Å². The number of carbonyl (C=O) groups excluding carboxylic acids is 2. The Balaban J connectivity index is 1.55. The lowest BCUT2D eigenvalue weighted by molar-refractivity contribution is -0.139. The average Bonchev–Trinajstić information content (AvgIpc) is 2.80. The Kier molecular flexibility index (Phi) is 7.44. The molecular weight excluding hydrogens is 452 g/mol. The van der Waals surface area contributed by atoms with Crippen LogP contribution in [0.1, 0.15) is 29.7 Å². The summed E-state index contributed by atoms with van der Waals surface area (Å²) in [7, 11) is 0. The normalized spacial score (nSPS) is 19.0. The van der Waals surface area contributed by atoms with Gasteiger partial charge in [-0.2, -0.15) is 0 Å². The monoisotopic (exact) mass is 482 g/mol. The van der Waals surface area contributed by atoms with Crippen molar-refractivity contribution < 1.29 is 14.3 Å². The number of aryl methyl sites for hydroxylation is 2. The molecule has 7 nitrogen and oxygen atoms in total. The molecule has 2 N–H and O–H groups in total. The number of halogens is 1. The summed E-state index contributed by atoms with van der Waals surface area (Å²) in [4.78, 5) is 30.2. The minimum Gasteiger partial charge on any atom is -0.463 e. The predicted molar refractivity (Wildman–Crippen MR) is 134 cm³/mol. The molecule has 0 aromatic heterocycles. The fourth-order valence-electron chi connectivity index (χ4n) is 4.63. The summed E-state index contributed by atoms with van der Waals surface area (Å²) < 4.78 is 5.37. The molecule has 2 aromatic rings. The highest BCUT2D eigenvalue weighted by Crippen LogP contribution is 2.29. The summed E-state index contributed by atoms with van der Waals surface area (Å²) in [6.07, 6.45) is 0. The molecule has 180 valence electrons. The van der Waals surface area contributed by atoms with Gasteiger partial charge in [0.05, 0.1) is 18.2 Å². The number of hydrogen-bond acceptors (Lipinski definition) is 5. The molecule has 0 radical (unpaired) electrons. The van der Waals surface area contributed by atoms with Crippen molar-refractivity contribution in [2.24, 2.45) is 0 Å². The molecule has 34 heavy (non-hydrogen) atoms. The number of anilines is 1. The molecule has 0 aliphatic carbocycles. The second kappa shape index (κ2) is 10.5. The Labute approximate surface area is 205 Å². The van der Waals surface area contributed by atoms with Crippen molar-refractivity contribution in [1.29, 1.82) is 0 Å². The number of hydrogen-bond donors (Lipinski definition) is 2. The summed E-state index contributed by atoms with van der Waals surface area (Å²) in [5, 5.41) is 6.33. The van der Waals surface area contributed by atoms with Crippen LogP contribution in [-0.2, 0) is 9.53 Å². The quantitative estimate of drug-likeness (QED) is 0.610. The maximum atomic E-state index is 13.0. The number of carbonyl (C=O) groups is 2. The van der Waals surface area contributed by atoms with Crippen molar-refractivity contribution >= 4 is 29.3 Å². The third-order valence-electron chi connectivity index (χ3n) is 6.30. The molecule has 0 spiro atoms. The van der Waals surface area contributed by atoms with Gasteiger partial charge in [-0.25, -0.2) is 9.59 Å². The SMILES string of the molecule is CCOC(=O)C1=C(CN2CCN(c3ccc(C)cc3C)CC2)NC(=O)NC1c1ccc(Cl)cc1. The Bertz CT molecular complexity index is 1090. The van der Waals surface area contributed by atoms with Gasteiger partial charge in [-0.1, -0.05) is 41.4 Å². The molecule has 2 aromatic carbocycles. The number of piperazine rings is 1. The Morgan fingerprint density at radius 3 is 2.44 bits per heavy atom. The molecule has 4 rings (SSSR count). The lowest BCUT2D eigenvalue weighted by Gasteiger charge is -2.38. The van der Waals surface area contributed by atoms with Crippen molar-refractivity contribution in [3.05, 3.63) is 75.4 Å². The summed E-state index contributed by atoms with van der Waals surface area (Å²) in [5.41, 5.74) is 5.59. The zero-order valence-electron chi connectivity index (χ0n) is 19.9.